The van der Waals surface area contributed by atoms with Crippen molar-refractivity contribution in [2.24, 2.45) is 4.99 Å². The van der Waals surface area contributed by atoms with Gasteiger partial charge in [-0.15, -0.1) is 0 Å². The molecule has 0 aliphatic rings. The van der Waals surface area contributed by atoms with E-state index in [-0.39, 0.29) is 0 Å². The zero-order chi connectivity index (χ0) is 19.2. The number of guanidine groups is 1. The van der Waals surface area contributed by atoms with Gasteiger partial charge in [0.15, 0.2) is 5.96 Å². The first-order valence-corrected chi connectivity index (χ1v) is 9.60. The van der Waals surface area contributed by atoms with Crippen LogP contribution in [0.3, 0.4) is 0 Å². The molecule has 0 radical (unpaired) electrons. The number of methoxy groups -OCH3 is 1. The molecule has 0 heterocycles. The van der Waals surface area contributed by atoms with Crippen LogP contribution in [0.15, 0.2) is 23.2 Å². The predicted molar refractivity (Wildman–Crippen MR) is 109 cm³/mol. The van der Waals surface area contributed by atoms with Crippen molar-refractivity contribution in [3.05, 3.63) is 29.3 Å². The van der Waals surface area contributed by atoms with Crippen LogP contribution in [0.4, 0.5) is 0 Å². The van der Waals surface area contributed by atoms with E-state index in [1.807, 2.05) is 0 Å². The van der Waals surface area contributed by atoms with Crippen molar-refractivity contribution in [3.8, 4) is 5.75 Å². The van der Waals surface area contributed by atoms with Gasteiger partial charge in [-0.2, -0.15) is 0 Å². The average Bonchev–Trinajstić information content (AvgIpc) is 2.64. The zero-order valence-corrected chi connectivity index (χ0v) is 17.1. The van der Waals surface area contributed by atoms with Crippen LogP contribution in [0.5, 0.6) is 5.75 Å². The molecule has 0 aromatic heterocycles. The van der Waals surface area contributed by atoms with Gasteiger partial charge in [0.05, 0.1) is 13.2 Å². The molecule has 0 amide bonds. The molecule has 148 valence electrons. The summed E-state index contributed by atoms with van der Waals surface area (Å²) < 4.78 is 10.9. The Bertz CT molecular complexity index is 531. The van der Waals surface area contributed by atoms with Gasteiger partial charge in [0.25, 0.3) is 0 Å². The molecule has 1 aromatic rings. The molecule has 0 aliphatic carbocycles. The van der Waals surface area contributed by atoms with Crippen molar-refractivity contribution in [2.75, 3.05) is 53.0 Å². The normalized spacial score (nSPS) is 11.7. The number of aliphatic imine (C=N–C) groups is 1. The predicted octanol–water partition coefficient (Wildman–Crippen LogP) is 2.42. The Kier molecular flexibility index (Phi) is 11.5. The summed E-state index contributed by atoms with van der Waals surface area (Å²) in [6, 6.07) is 6.23. The number of rotatable bonds is 12. The van der Waals surface area contributed by atoms with Gasteiger partial charge in [-0.1, -0.05) is 26.0 Å². The van der Waals surface area contributed by atoms with E-state index in [9.17, 15) is 0 Å². The highest BCUT2D eigenvalue weighted by Gasteiger charge is 2.06. The first-order valence-electron chi connectivity index (χ1n) is 9.60. The van der Waals surface area contributed by atoms with Crippen molar-refractivity contribution in [1.82, 2.24) is 15.5 Å². The Morgan fingerprint density at radius 1 is 1.12 bits per heavy atom. The first kappa shape index (κ1) is 22.3. The molecule has 0 fully saturated rings. The van der Waals surface area contributed by atoms with Crippen molar-refractivity contribution in [3.63, 3.8) is 0 Å². The molecule has 1 rings (SSSR count). The highest BCUT2D eigenvalue weighted by atomic mass is 16.5. The number of aryl methyl sites for hydroxylation is 1. The molecule has 6 nitrogen and oxygen atoms in total. The Morgan fingerprint density at radius 3 is 2.54 bits per heavy atom. The summed E-state index contributed by atoms with van der Waals surface area (Å²) in [7, 11) is 1.68. The smallest absolute Gasteiger partial charge is 0.191 e. The number of likely N-dealkylation sites (N-methyl/N-ethyl adjacent to an activating group) is 1. The van der Waals surface area contributed by atoms with E-state index in [1.54, 1.807) is 7.11 Å². The minimum atomic E-state index is 0.541. The van der Waals surface area contributed by atoms with Crippen LogP contribution in [0.2, 0.25) is 0 Å². The largest absolute Gasteiger partial charge is 0.491 e. The van der Waals surface area contributed by atoms with Crippen LogP contribution in [-0.4, -0.2) is 63.9 Å². The second-order valence-corrected chi connectivity index (χ2v) is 6.10. The van der Waals surface area contributed by atoms with Crippen molar-refractivity contribution < 1.29 is 9.47 Å². The highest BCUT2D eigenvalue weighted by molar-refractivity contribution is 5.79. The maximum atomic E-state index is 5.85. The lowest BCUT2D eigenvalue weighted by molar-refractivity contribution is 0.145. The van der Waals surface area contributed by atoms with Crippen LogP contribution < -0.4 is 15.4 Å². The van der Waals surface area contributed by atoms with Crippen LogP contribution in [-0.2, 0) is 11.3 Å². The maximum absolute atomic E-state index is 5.85. The Hall–Kier alpha value is -1.79. The lowest BCUT2D eigenvalue weighted by atomic mass is 10.1. The number of ether oxygens (including phenoxy) is 2. The molecule has 0 saturated heterocycles. The average molecular weight is 365 g/mol. The lowest BCUT2D eigenvalue weighted by Gasteiger charge is -2.19. The summed E-state index contributed by atoms with van der Waals surface area (Å²) in [5.41, 5.74) is 2.25. The summed E-state index contributed by atoms with van der Waals surface area (Å²) in [5.74, 6) is 1.72. The van der Waals surface area contributed by atoms with Crippen molar-refractivity contribution >= 4 is 5.96 Å². The van der Waals surface area contributed by atoms with Crippen molar-refractivity contribution in [1.29, 1.82) is 0 Å². The Labute approximate surface area is 159 Å². The monoisotopic (exact) mass is 364 g/mol. The number of nitrogens with one attached hydrogen (secondary N) is 2. The molecular formula is C20H36N4O2. The number of hydrogen-bond donors (Lipinski definition) is 2. The second kappa shape index (κ2) is 13.4. The van der Waals surface area contributed by atoms with Gasteiger partial charge in [0, 0.05) is 32.3 Å². The molecule has 0 aliphatic heterocycles. The van der Waals surface area contributed by atoms with Crippen molar-refractivity contribution in [2.45, 2.75) is 34.2 Å². The van der Waals surface area contributed by atoms with E-state index >= 15 is 0 Å². The summed E-state index contributed by atoms with van der Waals surface area (Å²) >= 11 is 0. The fourth-order valence-electron chi connectivity index (χ4n) is 2.54. The summed E-state index contributed by atoms with van der Waals surface area (Å²) in [5, 5.41) is 6.71. The van der Waals surface area contributed by atoms with Gasteiger partial charge in [-0.3, -0.25) is 0 Å². The van der Waals surface area contributed by atoms with Crippen LogP contribution in [0.1, 0.15) is 31.9 Å². The molecule has 0 atom stereocenters. The lowest BCUT2D eigenvalue weighted by Crippen LogP contribution is -2.41. The minimum absolute atomic E-state index is 0.541. The van der Waals surface area contributed by atoms with E-state index in [0.717, 1.165) is 50.0 Å². The van der Waals surface area contributed by atoms with E-state index < -0.39 is 0 Å². The van der Waals surface area contributed by atoms with Gasteiger partial charge in [0.2, 0.25) is 0 Å². The standard InChI is InChI=1S/C20H36N4O2/c1-6-21-20(22-11-12-24(7-2)8-3)23-16-18-10-9-17(4)15-19(18)26-14-13-25-5/h9-10,15H,6-8,11-14,16H2,1-5H3,(H2,21,22,23). The van der Waals surface area contributed by atoms with Crippen LogP contribution in [0.25, 0.3) is 0 Å². The van der Waals surface area contributed by atoms with Gasteiger partial charge in [-0.05, 0) is 38.6 Å². The van der Waals surface area contributed by atoms with E-state index in [2.05, 4.69) is 61.4 Å². The highest BCUT2D eigenvalue weighted by Crippen LogP contribution is 2.21. The van der Waals surface area contributed by atoms with E-state index in [1.165, 1.54) is 5.56 Å². The zero-order valence-electron chi connectivity index (χ0n) is 17.1. The van der Waals surface area contributed by atoms with Crippen LogP contribution >= 0.6 is 0 Å². The third-order valence-electron chi connectivity index (χ3n) is 4.13. The quantitative estimate of drug-likeness (QED) is 0.339. The molecule has 0 saturated carbocycles. The molecule has 0 bridgehead atoms. The van der Waals surface area contributed by atoms with Gasteiger partial charge in [0.1, 0.15) is 12.4 Å². The molecule has 1 aromatic carbocycles. The third kappa shape index (κ3) is 8.54. The third-order valence-corrected chi connectivity index (χ3v) is 4.13. The fourth-order valence-corrected chi connectivity index (χ4v) is 2.54. The van der Waals surface area contributed by atoms with Crippen LogP contribution in [0, 0.1) is 6.92 Å². The second-order valence-electron chi connectivity index (χ2n) is 6.10. The minimum Gasteiger partial charge on any atom is -0.491 e. The van der Waals surface area contributed by atoms with Gasteiger partial charge >= 0.3 is 0 Å². The maximum Gasteiger partial charge on any atom is 0.191 e. The number of benzene rings is 1. The van der Waals surface area contributed by atoms with Gasteiger partial charge in [-0.25, -0.2) is 4.99 Å². The summed E-state index contributed by atoms with van der Waals surface area (Å²) in [6.45, 7) is 15.1. The molecule has 0 unspecified atom stereocenters. The molecule has 0 spiro atoms. The number of hydrogen-bond acceptors (Lipinski definition) is 4. The Balaban J connectivity index is 2.69. The molecular weight excluding hydrogens is 328 g/mol. The summed E-state index contributed by atoms with van der Waals surface area (Å²) in [6.07, 6.45) is 0. The van der Waals surface area contributed by atoms with E-state index in [0.29, 0.717) is 19.8 Å². The molecule has 2 N–H and O–H groups in total. The Morgan fingerprint density at radius 2 is 1.88 bits per heavy atom. The van der Waals surface area contributed by atoms with Gasteiger partial charge < -0.3 is 25.0 Å². The first-order chi connectivity index (χ1) is 12.6. The topological polar surface area (TPSA) is 58.1 Å². The number of nitrogens with zero attached hydrogens (tertiary/aromatic N) is 2. The fraction of sp³-hybridized carbons (Fsp3) is 0.650. The molecule has 26 heavy (non-hydrogen) atoms. The molecule has 6 heteroatoms. The van der Waals surface area contributed by atoms with E-state index in [4.69, 9.17) is 14.5 Å². The summed E-state index contributed by atoms with van der Waals surface area (Å²) in [4.78, 5) is 7.10. The SMILES string of the molecule is CCNC(=NCc1ccc(C)cc1OCCOC)NCCN(CC)CC.